The Morgan fingerprint density at radius 1 is 1.00 bits per heavy atom. The number of aryl methyl sites for hydroxylation is 2. The smallest absolute Gasteiger partial charge is 0.291 e. The van der Waals surface area contributed by atoms with E-state index in [-0.39, 0.29) is 11.7 Å². The molecule has 3 aromatic carbocycles. The van der Waals surface area contributed by atoms with Crippen molar-refractivity contribution in [2.75, 3.05) is 0 Å². The van der Waals surface area contributed by atoms with E-state index in [0.29, 0.717) is 17.4 Å². The third-order valence-electron chi connectivity index (χ3n) is 4.77. The molecule has 0 aliphatic rings. The molecule has 6 heteroatoms. The Morgan fingerprint density at radius 3 is 2.53 bits per heavy atom. The molecule has 0 unspecified atom stereocenters. The fraction of sp³-hybridized carbons (Fsp3) is 0.125. The van der Waals surface area contributed by atoms with Crippen LogP contribution in [0.1, 0.15) is 27.3 Å². The molecule has 0 fully saturated rings. The lowest BCUT2D eigenvalue weighted by molar-refractivity contribution is 0.0940. The highest BCUT2D eigenvalue weighted by atomic mass is 35.5. The van der Waals surface area contributed by atoms with Gasteiger partial charge in [-0.2, -0.15) is 0 Å². The van der Waals surface area contributed by atoms with Crippen molar-refractivity contribution >= 4 is 17.5 Å². The van der Waals surface area contributed by atoms with E-state index >= 15 is 0 Å². The van der Waals surface area contributed by atoms with Crippen LogP contribution in [0.5, 0.6) is 0 Å². The van der Waals surface area contributed by atoms with Crippen LogP contribution in [0.3, 0.4) is 0 Å². The van der Waals surface area contributed by atoms with Crippen molar-refractivity contribution in [3.63, 3.8) is 0 Å². The highest BCUT2D eigenvalue weighted by molar-refractivity contribution is 6.30. The molecule has 1 N–H and O–H groups in total. The molecule has 0 atom stereocenters. The van der Waals surface area contributed by atoms with E-state index in [2.05, 4.69) is 21.5 Å². The molecule has 0 saturated heterocycles. The minimum absolute atomic E-state index is 0.112. The Hall–Kier alpha value is -3.44. The first-order chi connectivity index (χ1) is 14.5. The highest BCUT2D eigenvalue weighted by Gasteiger charge is 2.19. The van der Waals surface area contributed by atoms with Crippen molar-refractivity contribution in [2.45, 2.75) is 20.4 Å². The van der Waals surface area contributed by atoms with Crippen molar-refractivity contribution in [2.24, 2.45) is 0 Å². The lowest BCUT2D eigenvalue weighted by Crippen LogP contribution is -2.24. The van der Waals surface area contributed by atoms with Gasteiger partial charge in [0.05, 0.1) is 5.69 Å². The summed E-state index contributed by atoms with van der Waals surface area (Å²) in [5.41, 5.74) is 4.86. The third kappa shape index (κ3) is 4.26. The lowest BCUT2D eigenvalue weighted by Gasteiger charge is -2.10. The Balaban J connectivity index is 1.73. The maximum atomic E-state index is 12.8. The summed E-state index contributed by atoms with van der Waals surface area (Å²) in [6.07, 6.45) is 0. The van der Waals surface area contributed by atoms with Gasteiger partial charge in [0.2, 0.25) is 5.82 Å². The van der Waals surface area contributed by atoms with Crippen molar-refractivity contribution in [3.05, 3.63) is 100 Å². The van der Waals surface area contributed by atoms with Crippen molar-refractivity contribution in [1.82, 2.24) is 20.1 Å². The first-order valence-corrected chi connectivity index (χ1v) is 10.0. The molecule has 5 nitrogen and oxygen atoms in total. The molecule has 30 heavy (non-hydrogen) atoms. The summed E-state index contributed by atoms with van der Waals surface area (Å²) in [4.78, 5) is 17.3. The van der Waals surface area contributed by atoms with Gasteiger partial charge in [-0.15, -0.1) is 5.10 Å². The SMILES string of the molecule is Cc1ccc(-n2nc(C(=O)NCc3ccccc3)nc2-c2cccc(Cl)c2)c(C)c1. The summed E-state index contributed by atoms with van der Waals surface area (Å²) in [5, 5.41) is 8.03. The number of halogens is 1. The predicted molar refractivity (Wildman–Crippen MR) is 119 cm³/mol. The summed E-state index contributed by atoms with van der Waals surface area (Å²) in [7, 11) is 0. The van der Waals surface area contributed by atoms with E-state index in [1.807, 2.05) is 74.5 Å². The molecule has 4 rings (SSSR count). The Bertz CT molecular complexity index is 1200. The summed E-state index contributed by atoms with van der Waals surface area (Å²) in [6, 6.07) is 23.2. The molecule has 1 amide bonds. The molecule has 0 radical (unpaired) electrons. The molecule has 0 aliphatic carbocycles. The number of hydrogen-bond donors (Lipinski definition) is 1. The van der Waals surface area contributed by atoms with E-state index in [0.717, 1.165) is 27.9 Å². The van der Waals surface area contributed by atoms with Crippen LogP contribution in [-0.4, -0.2) is 20.7 Å². The second-order valence-corrected chi connectivity index (χ2v) is 7.58. The predicted octanol–water partition coefficient (Wildman–Crippen LogP) is 5.13. The first kappa shape index (κ1) is 19.9. The van der Waals surface area contributed by atoms with E-state index < -0.39 is 0 Å². The minimum atomic E-state index is -0.328. The molecule has 1 aromatic heterocycles. The first-order valence-electron chi connectivity index (χ1n) is 9.64. The van der Waals surface area contributed by atoms with Gasteiger partial charge >= 0.3 is 0 Å². The molecule has 0 bridgehead atoms. The third-order valence-corrected chi connectivity index (χ3v) is 5.00. The largest absolute Gasteiger partial charge is 0.345 e. The molecule has 1 heterocycles. The summed E-state index contributed by atoms with van der Waals surface area (Å²) in [6.45, 7) is 4.46. The number of carbonyl (C=O) groups is 1. The van der Waals surface area contributed by atoms with Crippen LogP contribution >= 0.6 is 11.6 Å². The number of carbonyl (C=O) groups excluding carboxylic acids is 1. The summed E-state index contributed by atoms with van der Waals surface area (Å²) >= 11 is 6.20. The van der Waals surface area contributed by atoms with Gasteiger partial charge in [0.15, 0.2) is 5.82 Å². The lowest BCUT2D eigenvalue weighted by atomic mass is 10.1. The summed E-state index contributed by atoms with van der Waals surface area (Å²) < 4.78 is 1.71. The standard InChI is InChI=1S/C24H21ClN4O/c1-16-11-12-21(17(2)13-16)29-23(19-9-6-10-20(25)14-19)27-22(28-29)24(30)26-15-18-7-4-3-5-8-18/h3-14H,15H2,1-2H3,(H,26,30). The number of hydrogen-bond acceptors (Lipinski definition) is 3. The fourth-order valence-corrected chi connectivity index (χ4v) is 3.48. The number of aromatic nitrogens is 3. The molecule has 0 saturated carbocycles. The second kappa shape index (κ2) is 8.51. The molecular weight excluding hydrogens is 396 g/mol. The average Bonchev–Trinajstić information content (AvgIpc) is 3.18. The molecule has 0 aliphatic heterocycles. The maximum Gasteiger partial charge on any atom is 0.291 e. The molecule has 0 spiro atoms. The van der Waals surface area contributed by atoms with Crippen molar-refractivity contribution in [1.29, 1.82) is 0 Å². The van der Waals surface area contributed by atoms with Gasteiger partial charge in [-0.05, 0) is 43.2 Å². The Labute approximate surface area is 180 Å². The molecular formula is C24H21ClN4O. The van der Waals surface area contributed by atoms with Crippen LogP contribution in [0.15, 0.2) is 72.8 Å². The molecule has 4 aromatic rings. The zero-order chi connectivity index (χ0) is 21.1. The second-order valence-electron chi connectivity index (χ2n) is 7.14. The number of amides is 1. The van der Waals surface area contributed by atoms with E-state index in [4.69, 9.17) is 11.6 Å². The van der Waals surface area contributed by atoms with Crippen LogP contribution in [0.2, 0.25) is 5.02 Å². The Morgan fingerprint density at radius 2 is 1.80 bits per heavy atom. The van der Waals surface area contributed by atoms with Gasteiger partial charge in [0.1, 0.15) is 0 Å². The van der Waals surface area contributed by atoms with E-state index in [1.165, 1.54) is 0 Å². The Kier molecular flexibility index (Phi) is 5.63. The fourth-order valence-electron chi connectivity index (χ4n) is 3.29. The monoisotopic (exact) mass is 416 g/mol. The van der Waals surface area contributed by atoms with Gasteiger partial charge in [0, 0.05) is 17.1 Å². The van der Waals surface area contributed by atoms with Crippen LogP contribution in [0.25, 0.3) is 17.1 Å². The van der Waals surface area contributed by atoms with Gasteiger partial charge in [-0.1, -0.05) is 71.8 Å². The normalized spacial score (nSPS) is 10.8. The van der Waals surface area contributed by atoms with Crippen LogP contribution in [0.4, 0.5) is 0 Å². The van der Waals surface area contributed by atoms with Gasteiger partial charge < -0.3 is 5.32 Å². The topological polar surface area (TPSA) is 59.8 Å². The van der Waals surface area contributed by atoms with E-state index in [9.17, 15) is 4.79 Å². The minimum Gasteiger partial charge on any atom is -0.345 e. The van der Waals surface area contributed by atoms with Crippen LogP contribution in [0, 0.1) is 13.8 Å². The molecule has 150 valence electrons. The maximum absolute atomic E-state index is 12.8. The number of nitrogens with one attached hydrogen (secondary N) is 1. The zero-order valence-corrected chi connectivity index (χ0v) is 17.5. The van der Waals surface area contributed by atoms with E-state index in [1.54, 1.807) is 10.7 Å². The van der Waals surface area contributed by atoms with Crippen LogP contribution in [-0.2, 0) is 6.54 Å². The number of nitrogens with zero attached hydrogens (tertiary/aromatic N) is 3. The summed E-state index contributed by atoms with van der Waals surface area (Å²) in [5.74, 6) is 0.348. The highest BCUT2D eigenvalue weighted by Crippen LogP contribution is 2.26. The van der Waals surface area contributed by atoms with Crippen molar-refractivity contribution in [3.8, 4) is 17.1 Å². The number of rotatable bonds is 5. The van der Waals surface area contributed by atoms with Gasteiger partial charge in [-0.3, -0.25) is 4.79 Å². The number of benzene rings is 3. The van der Waals surface area contributed by atoms with Crippen LogP contribution < -0.4 is 5.32 Å². The average molecular weight is 417 g/mol. The quantitative estimate of drug-likeness (QED) is 0.490. The van der Waals surface area contributed by atoms with Gasteiger partial charge in [0.25, 0.3) is 5.91 Å². The van der Waals surface area contributed by atoms with Crippen molar-refractivity contribution < 1.29 is 4.79 Å². The van der Waals surface area contributed by atoms with Gasteiger partial charge in [-0.25, -0.2) is 9.67 Å². The zero-order valence-electron chi connectivity index (χ0n) is 16.8.